The minimum Gasteiger partial charge on any atom is -0.364 e. The maximum Gasteiger partial charge on any atom is 0.143 e. The van der Waals surface area contributed by atoms with Gasteiger partial charge in [-0.05, 0) is 57.7 Å². The largest absolute Gasteiger partial charge is 0.364 e. The van der Waals surface area contributed by atoms with E-state index in [9.17, 15) is 4.39 Å². The smallest absolute Gasteiger partial charge is 0.143 e. The van der Waals surface area contributed by atoms with Crippen molar-refractivity contribution < 1.29 is 4.39 Å². The minimum atomic E-state index is -0.420. The molecule has 0 spiro atoms. The van der Waals surface area contributed by atoms with Crippen LogP contribution in [0.1, 0.15) is 58.1 Å². The fraction of sp³-hybridized carbons (Fsp3) is 0.562. The van der Waals surface area contributed by atoms with Crippen LogP contribution in [0.15, 0.2) is 12.1 Å². The highest BCUT2D eigenvalue weighted by atomic mass is 19.1. The van der Waals surface area contributed by atoms with Gasteiger partial charge in [0.2, 0.25) is 0 Å². The van der Waals surface area contributed by atoms with Gasteiger partial charge in [-0.25, -0.2) is 4.39 Å². The Morgan fingerprint density at radius 3 is 2.58 bits per heavy atom. The maximum absolute atomic E-state index is 13.9. The average molecular weight is 260 g/mol. The number of fused-ring (bicyclic) bond motifs is 1. The van der Waals surface area contributed by atoms with Crippen LogP contribution in [-0.2, 0) is 0 Å². The van der Waals surface area contributed by atoms with Crippen molar-refractivity contribution in [1.82, 2.24) is 0 Å². The van der Waals surface area contributed by atoms with Crippen LogP contribution in [0, 0.1) is 17.1 Å². The van der Waals surface area contributed by atoms with E-state index in [0.29, 0.717) is 12.0 Å². The average Bonchev–Trinajstić information content (AvgIpc) is 2.26. The number of hydrogen-bond donors (Lipinski definition) is 0. The molecule has 0 N–H and O–H groups in total. The lowest BCUT2D eigenvalue weighted by Crippen LogP contribution is -2.51. The molecule has 1 aromatic rings. The first-order chi connectivity index (χ1) is 8.77. The van der Waals surface area contributed by atoms with Gasteiger partial charge in [-0.2, -0.15) is 5.26 Å². The number of benzene rings is 1. The summed E-state index contributed by atoms with van der Waals surface area (Å²) in [5.41, 5.74) is 2.18. The van der Waals surface area contributed by atoms with Crippen LogP contribution in [0.2, 0.25) is 0 Å². The monoisotopic (exact) mass is 260 g/mol. The zero-order chi connectivity index (χ0) is 14.4. The number of hydrogen-bond acceptors (Lipinski definition) is 2. The fourth-order valence-electron chi connectivity index (χ4n) is 3.53. The van der Waals surface area contributed by atoms with Crippen molar-refractivity contribution in [3.8, 4) is 6.07 Å². The van der Waals surface area contributed by atoms with Crippen LogP contribution in [-0.4, -0.2) is 11.6 Å². The van der Waals surface area contributed by atoms with Crippen molar-refractivity contribution in [3.63, 3.8) is 0 Å². The zero-order valence-corrected chi connectivity index (χ0v) is 12.3. The molecule has 0 bridgehead atoms. The summed E-state index contributed by atoms with van der Waals surface area (Å²) in [6.07, 6.45) is 1.01. The highest BCUT2D eigenvalue weighted by molar-refractivity contribution is 5.62. The summed E-state index contributed by atoms with van der Waals surface area (Å²) < 4.78 is 13.9. The van der Waals surface area contributed by atoms with Crippen LogP contribution in [0.3, 0.4) is 0 Å². The van der Waals surface area contributed by atoms with E-state index in [2.05, 4.69) is 39.5 Å². The number of nitrogens with zero attached hydrogens (tertiary/aromatic N) is 2. The van der Waals surface area contributed by atoms with Crippen LogP contribution in [0.5, 0.6) is 0 Å². The maximum atomic E-state index is 13.9. The lowest BCUT2D eigenvalue weighted by molar-refractivity contribution is 0.355. The topological polar surface area (TPSA) is 27.0 Å². The van der Waals surface area contributed by atoms with E-state index >= 15 is 0 Å². The first-order valence-electron chi connectivity index (χ1n) is 6.81. The number of nitriles is 1. The molecule has 0 unspecified atom stereocenters. The van der Waals surface area contributed by atoms with Gasteiger partial charge in [0.05, 0.1) is 5.56 Å². The summed E-state index contributed by atoms with van der Waals surface area (Å²) in [7, 11) is 0. The fourth-order valence-corrected chi connectivity index (χ4v) is 3.53. The molecule has 0 aliphatic carbocycles. The van der Waals surface area contributed by atoms with Crippen molar-refractivity contribution >= 4 is 5.69 Å². The third kappa shape index (κ3) is 2.20. The lowest BCUT2D eigenvalue weighted by Gasteiger charge is -2.50. The zero-order valence-electron chi connectivity index (χ0n) is 12.3. The van der Waals surface area contributed by atoms with Crippen molar-refractivity contribution in [1.29, 1.82) is 5.26 Å². The first-order valence-corrected chi connectivity index (χ1v) is 6.81. The van der Waals surface area contributed by atoms with Gasteiger partial charge in [-0.1, -0.05) is 6.92 Å². The van der Waals surface area contributed by atoms with Gasteiger partial charge in [0, 0.05) is 17.3 Å². The third-order valence-electron chi connectivity index (χ3n) is 4.00. The second kappa shape index (κ2) is 4.52. The number of halogens is 1. The summed E-state index contributed by atoms with van der Waals surface area (Å²) >= 11 is 0. The molecule has 19 heavy (non-hydrogen) atoms. The Hall–Kier alpha value is -1.56. The van der Waals surface area contributed by atoms with Crippen molar-refractivity contribution in [2.24, 2.45) is 0 Å². The predicted octanol–water partition coefficient (Wildman–Crippen LogP) is 4.20. The van der Waals surface area contributed by atoms with Gasteiger partial charge in [0.1, 0.15) is 11.9 Å². The van der Waals surface area contributed by atoms with Gasteiger partial charge in [-0.3, -0.25) is 0 Å². The second-order valence-electron chi connectivity index (χ2n) is 6.38. The van der Waals surface area contributed by atoms with Gasteiger partial charge in [-0.15, -0.1) is 0 Å². The molecule has 1 aliphatic rings. The van der Waals surface area contributed by atoms with Gasteiger partial charge in [0.15, 0.2) is 0 Å². The Bertz CT molecular complexity index is 540. The van der Waals surface area contributed by atoms with E-state index in [1.54, 1.807) is 6.07 Å². The Kier molecular flexibility index (Phi) is 3.30. The van der Waals surface area contributed by atoms with Crippen molar-refractivity contribution in [2.75, 3.05) is 4.90 Å². The molecule has 1 aromatic carbocycles. The summed E-state index contributed by atoms with van der Waals surface area (Å²) in [5, 5.41) is 8.98. The van der Waals surface area contributed by atoms with E-state index in [4.69, 9.17) is 5.26 Å². The van der Waals surface area contributed by atoms with Crippen LogP contribution < -0.4 is 4.90 Å². The molecule has 0 aromatic heterocycles. The van der Waals surface area contributed by atoms with E-state index in [-0.39, 0.29) is 11.1 Å². The van der Waals surface area contributed by atoms with E-state index in [1.165, 1.54) is 6.07 Å². The normalized spacial score (nSPS) is 21.2. The van der Waals surface area contributed by atoms with Gasteiger partial charge >= 0.3 is 0 Å². The van der Waals surface area contributed by atoms with E-state index in [0.717, 1.165) is 17.7 Å². The second-order valence-corrected chi connectivity index (χ2v) is 6.38. The molecule has 2 rings (SSSR count). The molecule has 1 atom stereocenters. The molecule has 2 nitrogen and oxygen atoms in total. The Morgan fingerprint density at radius 2 is 2.05 bits per heavy atom. The van der Waals surface area contributed by atoms with E-state index in [1.807, 2.05) is 6.07 Å². The summed E-state index contributed by atoms with van der Waals surface area (Å²) in [4.78, 5) is 2.27. The van der Waals surface area contributed by atoms with Gasteiger partial charge < -0.3 is 4.90 Å². The molecule has 1 aliphatic heterocycles. The van der Waals surface area contributed by atoms with Crippen molar-refractivity contribution in [3.05, 3.63) is 29.1 Å². The van der Waals surface area contributed by atoms with E-state index < -0.39 is 5.82 Å². The Morgan fingerprint density at radius 1 is 1.42 bits per heavy atom. The highest BCUT2D eigenvalue weighted by Crippen LogP contribution is 2.45. The highest BCUT2D eigenvalue weighted by Gasteiger charge is 2.38. The summed E-state index contributed by atoms with van der Waals surface area (Å²) in [6, 6.07) is 5.49. The third-order valence-corrected chi connectivity index (χ3v) is 4.00. The standard InChI is InChI=1S/C16H21FN2/c1-10(2)19-15-7-14(17)12(9-18)6-13(15)11(3)8-16(19,4)5/h6-7,10-11H,8H2,1-5H3/t11-/m0/s1. The molecular formula is C16H21FN2. The quantitative estimate of drug-likeness (QED) is 0.756. The molecule has 102 valence electrons. The molecule has 1 heterocycles. The van der Waals surface area contributed by atoms with Gasteiger partial charge in [0.25, 0.3) is 0 Å². The molecule has 0 fully saturated rings. The molecule has 3 heteroatoms. The van der Waals surface area contributed by atoms with Crippen LogP contribution in [0.4, 0.5) is 10.1 Å². The first kappa shape index (κ1) is 13.9. The molecule has 0 saturated heterocycles. The molecule has 0 amide bonds. The molecule has 0 radical (unpaired) electrons. The lowest BCUT2D eigenvalue weighted by atomic mass is 9.79. The van der Waals surface area contributed by atoms with Crippen LogP contribution >= 0.6 is 0 Å². The van der Waals surface area contributed by atoms with Crippen molar-refractivity contribution in [2.45, 2.75) is 58.5 Å². The Balaban J connectivity index is 2.67. The number of rotatable bonds is 1. The van der Waals surface area contributed by atoms with Crippen LogP contribution in [0.25, 0.3) is 0 Å². The summed E-state index contributed by atoms with van der Waals surface area (Å²) in [6.45, 7) is 10.8. The SMILES string of the molecule is CC(C)N1c2cc(F)c(C#N)cc2[C@@H](C)CC1(C)C. The minimum absolute atomic E-state index is 0.00117. The Labute approximate surface area is 114 Å². The summed E-state index contributed by atoms with van der Waals surface area (Å²) in [5.74, 6) is -0.0792. The number of anilines is 1. The molecular weight excluding hydrogens is 239 g/mol. The predicted molar refractivity (Wildman–Crippen MR) is 75.8 cm³/mol. The molecule has 0 saturated carbocycles.